The van der Waals surface area contributed by atoms with Crippen LogP contribution in [0.2, 0.25) is 0 Å². The number of aromatic nitrogens is 2. The normalized spacial score (nSPS) is 29.7. The Bertz CT molecular complexity index is 2060. The van der Waals surface area contributed by atoms with Crippen LogP contribution in [0.25, 0.3) is 11.0 Å². The van der Waals surface area contributed by atoms with Crippen molar-refractivity contribution in [3.8, 4) is 11.6 Å². The van der Waals surface area contributed by atoms with Crippen molar-refractivity contribution in [2.24, 2.45) is 29.1 Å². The molecule has 7 atom stereocenters. The summed E-state index contributed by atoms with van der Waals surface area (Å²) in [5.74, 6) is -3.65. The minimum absolute atomic E-state index is 0.0179. The van der Waals surface area contributed by atoms with Crippen LogP contribution in [0.1, 0.15) is 111 Å². The van der Waals surface area contributed by atoms with E-state index < -0.39 is 67.3 Å². The number of carbonyl (C=O) groups excluding carboxylic acids is 4. The molecule has 2 aliphatic carbocycles. The summed E-state index contributed by atoms with van der Waals surface area (Å²) in [6.07, 6.45) is 6.73. The molecule has 312 valence electrons. The molecule has 15 heteroatoms. The third-order valence-electron chi connectivity index (χ3n) is 12.3. The van der Waals surface area contributed by atoms with E-state index in [9.17, 15) is 27.2 Å². The van der Waals surface area contributed by atoms with E-state index in [1.54, 1.807) is 34.6 Å². The maximum absolute atomic E-state index is 15.0. The summed E-state index contributed by atoms with van der Waals surface area (Å²) in [6.45, 7) is 12.7. The molecule has 1 N–H and O–H groups in total. The highest BCUT2D eigenvalue weighted by Crippen LogP contribution is 2.58. The Kier molecular flexibility index (Phi) is 11.8. The zero-order valence-electron chi connectivity index (χ0n) is 34.4. The lowest BCUT2D eigenvalue weighted by atomic mass is 9.79. The van der Waals surface area contributed by atoms with Gasteiger partial charge in [0.15, 0.2) is 17.3 Å². The number of rotatable bonds is 9. The molecule has 1 aromatic heterocycles. The standard InChI is InChI=1S/C42H57FN4O9S/c1-9-26-16-24(2)12-10-11-13-27-21-42(27,39(51)46-57(52,53)41(7)14-15-41)22-34(48)33-17-28(23-47(33)38(50)29(26)18-36(49)56-40(4,5)6)55-37-25(3)44-31-19-30(43)35(54-8)20-32(31)45-37/h11,13,19-20,24,26-29,33H,9-10,12,14-18,21-23H2,1-8H3,(H,46,51)/b13-11-/t24-,26-,27-,28-,29+,33+,42-/m1/s1. The number of esters is 1. The third kappa shape index (κ3) is 9.13. The molecule has 2 aromatic rings. The summed E-state index contributed by atoms with van der Waals surface area (Å²) in [5.41, 5.74) is -1.10. The molecule has 1 aromatic carbocycles. The molecule has 0 radical (unpaired) electrons. The van der Waals surface area contributed by atoms with Crippen molar-refractivity contribution in [1.82, 2.24) is 19.6 Å². The molecule has 0 unspecified atom stereocenters. The smallest absolute Gasteiger partial charge is 0.307 e. The fourth-order valence-corrected chi connectivity index (χ4v) is 9.79. The second-order valence-corrected chi connectivity index (χ2v) is 20.2. The third-order valence-corrected chi connectivity index (χ3v) is 14.4. The first-order valence-electron chi connectivity index (χ1n) is 20.2. The van der Waals surface area contributed by atoms with Crippen LogP contribution in [0, 0.1) is 41.8 Å². The number of Topliss-reactive ketones (excluding diaryl/α,β-unsaturated/α-hetero) is 1. The lowest BCUT2D eigenvalue weighted by Crippen LogP contribution is -2.48. The number of amides is 2. The molecule has 2 saturated carbocycles. The highest BCUT2D eigenvalue weighted by molar-refractivity contribution is 7.91. The van der Waals surface area contributed by atoms with Gasteiger partial charge in [0.2, 0.25) is 27.7 Å². The number of methoxy groups -OCH3 is 1. The van der Waals surface area contributed by atoms with Gasteiger partial charge in [-0.05, 0) is 90.9 Å². The number of fused-ring (bicyclic) bond motifs is 3. The Morgan fingerprint density at radius 2 is 1.81 bits per heavy atom. The molecule has 4 aliphatic rings. The average molecular weight is 813 g/mol. The molecule has 6 rings (SSSR count). The van der Waals surface area contributed by atoms with Crippen LogP contribution in [-0.4, -0.2) is 83.0 Å². The Morgan fingerprint density at radius 3 is 2.46 bits per heavy atom. The van der Waals surface area contributed by atoms with Crippen molar-refractivity contribution in [3.63, 3.8) is 0 Å². The molecule has 2 amide bonds. The zero-order valence-corrected chi connectivity index (χ0v) is 35.2. The van der Waals surface area contributed by atoms with Crippen molar-refractivity contribution in [2.45, 2.75) is 135 Å². The number of halogens is 1. The summed E-state index contributed by atoms with van der Waals surface area (Å²) in [4.78, 5) is 67.7. The van der Waals surface area contributed by atoms with Gasteiger partial charge >= 0.3 is 5.97 Å². The maximum Gasteiger partial charge on any atom is 0.307 e. The van der Waals surface area contributed by atoms with Gasteiger partial charge in [0.1, 0.15) is 17.4 Å². The fraction of sp³-hybridized carbons (Fsp3) is 0.667. The number of carbonyl (C=O) groups is 4. The van der Waals surface area contributed by atoms with E-state index in [0.29, 0.717) is 55.3 Å². The first kappa shape index (κ1) is 42.5. The van der Waals surface area contributed by atoms with Crippen LogP contribution in [0.3, 0.4) is 0 Å². The van der Waals surface area contributed by atoms with Crippen molar-refractivity contribution in [1.29, 1.82) is 0 Å². The van der Waals surface area contributed by atoms with Crippen LogP contribution in [0.15, 0.2) is 24.3 Å². The van der Waals surface area contributed by atoms with Gasteiger partial charge in [0.05, 0.1) is 53.2 Å². The number of ketones is 1. The van der Waals surface area contributed by atoms with Gasteiger partial charge in [-0.15, -0.1) is 0 Å². The van der Waals surface area contributed by atoms with Crippen LogP contribution in [0.4, 0.5) is 4.39 Å². The Labute approximate surface area is 334 Å². The Morgan fingerprint density at radius 1 is 1.11 bits per heavy atom. The van der Waals surface area contributed by atoms with Crippen LogP contribution < -0.4 is 14.2 Å². The Hall–Kier alpha value is -4.14. The van der Waals surface area contributed by atoms with Crippen molar-refractivity contribution < 1.29 is 46.2 Å². The van der Waals surface area contributed by atoms with Crippen molar-refractivity contribution >= 4 is 44.6 Å². The van der Waals surface area contributed by atoms with Gasteiger partial charge in [0.25, 0.3) is 0 Å². The molecule has 0 bridgehead atoms. The number of allylic oxidation sites excluding steroid dienone is 2. The van der Waals surface area contributed by atoms with Crippen LogP contribution >= 0.6 is 0 Å². The number of ether oxygens (including phenoxy) is 3. The molecule has 0 spiro atoms. The van der Waals surface area contributed by atoms with Crippen molar-refractivity contribution in [3.05, 3.63) is 35.8 Å². The summed E-state index contributed by atoms with van der Waals surface area (Å²) >= 11 is 0. The summed E-state index contributed by atoms with van der Waals surface area (Å²) < 4.78 is 59.5. The minimum atomic E-state index is -3.98. The number of sulfonamides is 1. The van der Waals surface area contributed by atoms with E-state index in [4.69, 9.17) is 14.2 Å². The second-order valence-electron chi connectivity index (χ2n) is 18.0. The predicted molar refractivity (Wildman–Crippen MR) is 210 cm³/mol. The van der Waals surface area contributed by atoms with Gasteiger partial charge in [0, 0.05) is 25.0 Å². The number of hydrogen-bond donors (Lipinski definition) is 1. The predicted octanol–water partition coefficient (Wildman–Crippen LogP) is 6.15. The van der Waals surface area contributed by atoms with E-state index in [1.807, 2.05) is 19.1 Å². The average Bonchev–Trinajstić information content (AvgIpc) is 4.00. The van der Waals surface area contributed by atoms with E-state index in [2.05, 4.69) is 21.6 Å². The first-order valence-corrected chi connectivity index (χ1v) is 21.6. The van der Waals surface area contributed by atoms with Gasteiger partial charge in [-0.3, -0.25) is 23.9 Å². The fourth-order valence-electron chi connectivity index (χ4n) is 8.46. The second kappa shape index (κ2) is 15.9. The summed E-state index contributed by atoms with van der Waals surface area (Å²) in [6, 6.07) is 1.59. The number of benzene rings is 1. The van der Waals surface area contributed by atoms with E-state index in [0.717, 1.165) is 6.42 Å². The molecule has 57 heavy (non-hydrogen) atoms. The number of aryl methyl sites for hydroxylation is 1. The van der Waals surface area contributed by atoms with Crippen LogP contribution in [0.5, 0.6) is 11.6 Å². The molecule has 2 aliphatic heterocycles. The number of nitrogens with zero attached hydrogens (tertiary/aromatic N) is 3. The largest absolute Gasteiger partial charge is 0.494 e. The molecule has 3 heterocycles. The number of nitrogens with one attached hydrogen (secondary N) is 1. The molecule has 3 fully saturated rings. The maximum atomic E-state index is 15.0. The SMILES string of the molecule is CC[C@@H]1C[C@H](C)CC/C=C\[C@@H]2C[C@@]2(C(=O)NS(=O)(=O)C2(C)CC2)CC(=O)[C@@H]2C[C@@H](Oc3nc4cc(OC)c(F)cc4nc3C)CN2C(=O)[C@H]1CC(=O)OC(C)(C)C. The number of hydrogen-bond acceptors (Lipinski definition) is 11. The Balaban J connectivity index is 1.37. The van der Waals surface area contributed by atoms with Crippen LogP contribution in [-0.2, 0) is 33.9 Å². The highest BCUT2D eigenvalue weighted by atomic mass is 32.2. The van der Waals surface area contributed by atoms with Gasteiger partial charge in [-0.2, -0.15) is 0 Å². The quantitative estimate of drug-likeness (QED) is 0.228. The van der Waals surface area contributed by atoms with Crippen molar-refractivity contribution in [2.75, 3.05) is 13.7 Å². The van der Waals surface area contributed by atoms with E-state index in [-0.39, 0.29) is 61.1 Å². The first-order chi connectivity index (χ1) is 26.7. The van der Waals surface area contributed by atoms with E-state index in [1.165, 1.54) is 24.1 Å². The lowest BCUT2D eigenvalue weighted by molar-refractivity contribution is -0.160. The highest BCUT2D eigenvalue weighted by Gasteiger charge is 2.62. The molecule has 1 saturated heterocycles. The van der Waals surface area contributed by atoms with Gasteiger partial charge in [-0.25, -0.2) is 22.8 Å². The summed E-state index contributed by atoms with van der Waals surface area (Å²) in [5, 5.41) is 0. The minimum Gasteiger partial charge on any atom is -0.494 e. The lowest BCUT2D eigenvalue weighted by Gasteiger charge is -2.33. The summed E-state index contributed by atoms with van der Waals surface area (Å²) in [7, 11) is -2.64. The van der Waals surface area contributed by atoms with Gasteiger partial charge < -0.3 is 19.1 Å². The molecular weight excluding hydrogens is 756 g/mol. The van der Waals surface area contributed by atoms with E-state index >= 15 is 4.79 Å². The zero-order chi connectivity index (χ0) is 41.7. The van der Waals surface area contributed by atoms with Gasteiger partial charge in [-0.1, -0.05) is 32.4 Å². The monoisotopic (exact) mass is 812 g/mol. The topological polar surface area (TPSA) is 171 Å². The molecular formula is C42H57FN4O9S. The molecule has 13 nitrogen and oxygen atoms in total.